The molecule has 0 saturated carbocycles. The maximum Gasteiger partial charge on any atom is 0.219 e. The van der Waals surface area contributed by atoms with Crippen LogP contribution in [0.1, 0.15) is 25.3 Å². The van der Waals surface area contributed by atoms with Crippen molar-refractivity contribution in [1.29, 1.82) is 0 Å². The number of aryl methyl sites for hydroxylation is 1. The molecular formula is C15H22N2O2. The fourth-order valence-corrected chi connectivity index (χ4v) is 2.48. The first-order valence-corrected chi connectivity index (χ1v) is 6.77. The van der Waals surface area contributed by atoms with E-state index < -0.39 is 0 Å². The Morgan fingerprint density at radius 1 is 1.37 bits per heavy atom. The van der Waals surface area contributed by atoms with E-state index in [0.717, 1.165) is 37.4 Å². The van der Waals surface area contributed by atoms with Gasteiger partial charge in [-0.3, -0.25) is 4.79 Å². The molecule has 0 atom stereocenters. The first-order chi connectivity index (χ1) is 9.10. The molecule has 0 radical (unpaired) electrons. The van der Waals surface area contributed by atoms with E-state index in [-0.39, 0.29) is 5.91 Å². The number of ether oxygens (including phenoxy) is 1. The van der Waals surface area contributed by atoms with Crippen LogP contribution in [0.4, 0.5) is 5.69 Å². The molecule has 4 heteroatoms. The lowest BCUT2D eigenvalue weighted by molar-refractivity contribution is -0.129. The monoisotopic (exact) mass is 262 g/mol. The second kappa shape index (κ2) is 5.95. The van der Waals surface area contributed by atoms with Gasteiger partial charge in [-0.05, 0) is 37.5 Å². The fraction of sp³-hybridized carbons (Fsp3) is 0.533. The first kappa shape index (κ1) is 13.7. The van der Waals surface area contributed by atoms with Crippen LogP contribution >= 0.6 is 0 Å². The number of anilines is 1. The van der Waals surface area contributed by atoms with E-state index in [1.807, 2.05) is 11.0 Å². The van der Waals surface area contributed by atoms with Crippen molar-refractivity contribution < 1.29 is 9.53 Å². The average Bonchev–Trinajstić information content (AvgIpc) is 2.41. The van der Waals surface area contributed by atoms with Gasteiger partial charge in [-0.25, -0.2) is 0 Å². The van der Waals surface area contributed by atoms with Gasteiger partial charge in [0.15, 0.2) is 0 Å². The molecule has 19 heavy (non-hydrogen) atoms. The third-order valence-corrected chi connectivity index (χ3v) is 3.66. The fourth-order valence-electron chi connectivity index (χ4n) is 2.48. The topological polar surface area (TPSA) is 41.6 Å². The van der Waals surface area contributed by atoms with E-state index in [0.29, 0.717) is 6.04 Å². The van der Waals surface area contributed by atoms with E-state index >= 15 is 0 Å². The van der Waals surface area contributed by atoms with Crippen molar-refractivity contribution in [3.05, 3.63) is 23.8 Å². The average molecular weight is 262 g/mol. The van der Waals surface area contributed by atoms with Gasteiger partial charge in [0.25, 0.3) is 0 Å². The van der Waals surface area contributed by atoms with Crippen LogP contribution < -0.4 is 10.1 Å². The molecule has 1 aromatic rings. The molecule has 0 aromatic heterocycles. The molecule has 0 aliphatic carbocycles. The summed E-state index contributed by atoms with van der Waals surface area (Å²) in [6.45, 7) is 5.36. The van der Waals surface area contributed by atoms with E-state index in [4.69, 9.17) is 4.74 Å². The van der Waals surface area contributed by atoms with Crippen LogP contribution in [0.2, 0.25) is 0 Å². The summed E-state index contributed by atoms with van der Waals surface area (Å²) in [6.07, 6.45) is 1.97. The number of hydrogen-bond acceptors (Lipinski definition) is 3. The number of likely N-dealkylation sites (tertiary alicyclic amines) is 1. The number of nitrogens with one attached hydrogen (secondary N) is 1. The maximum absolute atomic E-state index is 11.3. The molecule has 0 unspecified atom stereocenters. The lowest BCUT2D eigenvalue weighted by Crippen LogP contribution is -2.41. The molecule has 4 nitrogen and oxygen atoms in total. The minimum absolute atomic E-state index is 0.173. The predicted molar refractivity (Wildman–Crippen MR) is 76.6 cm³/mol. The number of amides is 1. The number of rotatable bonds is 3. The molecule has 1 aliphatic heterocycles. The van der Waals surface area contributed by atoms with Crippen molar-refractivity contribution in [3.63, 3.8) is 0 Å². The molecule has 0 spiro atoms. The lowest BCUT2D eigenvalue weighted by atomic mass is 10.0. The van der Waals surface area contributed by atoms with Gasteiger partial charge >= 0.3 is 0 Å². The zero-order valence-electron chi connectivity index (χ0n) is 11.9. The Morgan fingerprint density at radius 3 is 2.63 bits per heavy atom. The Balaban J connectivity index is 1.97. The van der Waals surface area contributed by atoms with Crippen molar-refractivity contribution in [2.75, 3.05) is 25.5 Å². The maximum atomic E-state index is 11.3. The molecule has 1 fully saturated rings. The van der Waals surface area contributed by atoms with Crippen molar-refractivity contribution in [3.8, 4) is 5.75 Å². The number of methoxy groups -OCH3 is 1. The van der Waals surface area contributed by atoms with Crippen molar-refractivity contribution in [2.24, 2.45) is 0 Å². The number of nitrogens with zero attached hydrogens (tertiary/aromatic N) is 1. The van der Waals surface area contributed by atoms with Crippen molar-refractivity contribution in [1.82, 2.24) is 4.90 Å². The summed E-state index contributed by atoms with van der Waals surface area (Å²) < 4.78 is 5.40. The third kappa shape index (κ3) is 3.40. The Morgan fingerprint density at radius 2 is 2.05 bits per heavy atom. The van der Waals surface area contributed by atoms with E-state index in [1.165, 1.54) is 5.56 Å². The summed E-state index contributed by atoms with van der Waals surface area (Å²) in [7, 11) is 1.69. The normalized spacial score (nSPS) is 16.3. The summed E-state index contributed by atoms with van der Waals surface area (Å²) >= 11 is 0. The van der Waals surface area contributed by atoms with Gasteiger partial charge < -0.3 is 15.0 Å². The summed E-state index contributed by atoms with van der Waals surface area (Å²) in [5.74, 6) is 1.06. The van der Waals surface area contributed by atoms with Crippen LogP contribution in [0.3, 0.4) is 0 Å². The number of carbonyl (C=O) groups excluding carboxylic acids is 1. The van der Waals surface area contributed by atoms with Gasteiger partial charge in [-0.1, -0.05) is 6.07 Å². The van der Waals surface area contributed by atoms with Crippen LogP contribution in [0.25, 0.3) is 0 Å². The molecule has 1 aliphatic rings. The van der Waals surface area contributed by atoms with Gasteiger partial charge in [0.1, 0.15) is 5.75 Å². The third-order valence-electron chi connectivity index (χ3n) is 3.66. The summed E-state index contributed by atoms with van der Waals surface area (Å²) in [4.78, 5) is 13.2. The second-order valence-corrected chi connectivity index (χ2v) is 5.13. The number of piperidine rings is 1. The van der Waals surface area contributed by atoms with Crippen molar-refractivity contribution in [2.45, 2.75) is 32.7 Å². The Kier molecular flexibility index (Phi) is 4.30. The van der Waals surface area contributed by atoms with E-state index in [9.17, 15) is 4.79 Å². The van der Waals surface area contributed by atoms with Gasteiger partial charge in [0.2, 0.25) is 5.91 Å². The van der Waals surface area contributed by atoms with Crippen LogP contribution in [0.15, 0.2) is 18.2 Å². The molecule has 1 aromatic carbocycles. The van der Waals surface area contributed by atoms with Crippen molar-refractivity contribution >= 4 is 11.6 Å². The number of benzene rings is 1. The lowest BCUT2D eigenvalue weighted by Gasteiger charge is -2.32. The molecule has 1 N–H and O–H groups in total. The molecule has 1 amide bonds. The minimum Gasteiger partial charge on any atom is -0.495 e. The zero-order valence-corrected chi connectivity index (χ0v) is 11.9. The highest BCUT2D eigenvalue weighted by atomic mass is 16.5. The summed E-state index contributed by atoms with van der Waals surface area (Å²) in [5.41, 5.74) is 2.23. The highest BCUT2D eigenvalue weighted by Gasteiger charge is 2.21. The number of carbonyl (C=O) groups is 1. The standard InChI is InChI=1S/C15H22N2O2/c1-11-4-5-14(15(10-11)19-3)16-13-6-8-17(9-7-13)12(2)18/h4-5,10,13,16H,6-9H2,1-3H3. The Labute approximate surface area is 114 Å². The molecule has 104 valence electrons. The van der Waals surface area contributed by atoms with Gasteiger partial charge in [0.05, 0.1) is 12.8 Å². The highest BCUT2D eigenvalue weighted by molar-refractivity contribution is 5.73. The van der Waals surface area contributed by atoms with Gasteiger partial charge in [0, 0.05) is 26.1 Å². The molecule has 0 bridgehead atoms. The van der Waals surface area contributed by atoms with Crippen LogP contribution in [-0.2, 0) is 4.79 Å². The molecule has 1 heterocycles. The quantitative estimate of drug-likeness (QED) is 0.909. The SMILES string of the molecule is COc1cc(C)ccc1NC1CCN(C(C)=O)CC1. The summed E-state index contributed by atoms with van der Waals surface area (Å²) in [5, 5.41) is 3.52. The van der Waals surface area contributed by atoms with Gasteiger partial charge in [-0.2, -0.15) is 0 Å². The molecule has 1 saturated heterocycles. The first-order valence-electron chi connectivity index (χ1n) is 6.77. The smallest absolute Gasteiger partial charge is 0.219 e. The largest absolute Gasteiger partial charge is 0.495 e. The van der Waals surface area contributed by atoms with E-state index in [2.05, 4.69) is 24.4 Å². The van der Waals surface area contributed by atoms with Crippen LogP contribution in [-0.4, -0.2) is 37.0 Å². The van der Waals surface area contributed by atoms with E-state index in [1.54, 1.807) is 14.0 Å². The molecular weight excluding hydrogens is 240 g/mol. The molecule has 2 rings (SSSR count). The zero-order chi connectivity index (χ0) is 13.8. The van der Waals surface area contributed by atoms with Crippen LogP contribution in [0, 0.1) is 6.92 Å². The van der Waals surface area contributed by atoms with Gasteiger partial charge in [-0.15, -0.1) is 0 Å². The highest BCUT2D eigenvalue weighted by Crippen LogP contribution is 2.27. The predicted octanol–water partition coefficient (Wildman–Crippen LogP) is 2.43. The Bertz CT molecular complexity index is 451. The second-order valence-electron chi connectivity index (χ2n) is 5.13. The summed E-state index contributed by atoms with van der Waals surface area (Å²) in [6, 6.07) is 6.58. The number of hydrogen-bond donors (Lipinski definition) is 1. The van der Waals surface area contributed by atoms with Crippen LogP contribution in [0.5, 0.6) is 5.75 Å². The Hall–Kier alpha value is -1.71. The minimum atomic E-state index is 0.173.